The third kappa shape index (κ3) is 5.63. The number of carbonyl (C=O) groups excluding carboxylic acids is 2. The Hall–Kier alpha value is -2.71. The molecule has 0 aliphatic rings. The van der Waals surface area contributed by atoms with Crippen LogP contribution in [0.4, 0.5) is 5.69 Å². The van der Waals surface area contributed by atoms with Crippen molar-refractivity contribution in [1.82, 2.24) is 4.72 Å². The highest BCUT2D eigenvalue weighted by atomic mass is 32.2. The summed E-state index contributed by atoms with van der Waals surface area (Å²) in [6.07, 6.45) is 0. The van der Waals surface area contributed by atoms with Crippen LogP contribution in [0.25, 0.3) is 0 Å². The first-order chi connectivity index (χ1) is 12.7. The van der Waals surface area contributed by atoms with Gasteiger partial charge >= 0.3 is 5.97 Å². The number of aryl methyl sites for hydroxylation is 2. The predicted octanol–water partition coefficient (Wildman–Crippen LogP) is 2.40. The van der Waals surface area contributed by atoms with Gasteiger partial charge in [0, 0.05) is 5.69 Å². The summed E-state index contributed by atoms with van der Waals surface area (Å²) in [4.78, 5) is 23.6. The van der Waals surface area contributed by atoms with Crippen LogP contribution in [0, 0.1) is 13.8 Å². The number of ether oxygens (including phenoxy) is 1. The van der Waals surface area contributed by atoms with Crippen LogP contribution in [-0.4, -0.2) is 33.4 Å². The van der Waals surface area contributed by atoms with Gasteiger partial charge in [-0.2, -0.15) is 0 Å². The monoisotopic (exact) mass is 390 g/mol. The molecule has 0 aliphatic carbocycles. The molecule has 7 nitrogen and oxygen atoms in total. The Morgan fingerprint density at radius 3 is 2.30 bits per heavy atom. The molecule has 0 aliphatic heterocycles. The molecule has 1 amide bonds. The first-order valence-corrected chi connectivity index (χ1v) is 9.85. The summed E-state index contributed by atoms with van der Waals surface area (Å²) < 4.78 is 31.7. The zero-order valence-electron chi connectivity index (χ0n) is 15.4. The average Bonchev–Trinajstić information content (AvgIpc) is 2.63. The Balaban J connectivity index is 1.99. The zero-order chi connectivity index (χ0) is 20.0. The molecule has 0 saturated heterocycles. The molecule has 8 heteroatoms. The maximum Gasteiger partial charge on any atom is 0.338 e. The Morgan fingerprint density at radius 2 is 1.70 bits per heavy atom. The first kappa shape index (κ1) is 20.6. The summed E-state index contributed by atoms with van der Waals surface area (Å²) in [5, 5.41) is 2.67. The normalized spacial score (nSPS) is 11.1. The minimum absolute atomic E-state index is 0.0464. The number of esters is 1. The third-order valence-corrected chi connectivity index (χ3v) is 5.17. The zero-order valence-corrected chi connectivity index (χ0v) is 16.2. The van der Waals surface area contributed by atoms with Crippen molar-refractivity contribution in [1.29, 1.82) is 0 Å². The number of hydrogen-bond acceptors (Lipinski definition) is 5. The lowest BCUT2D eigenvalue weighted by Crippen LogP contribution is -2.33. The number of carbonyl (C=O) groups is 2. The molecular formula is C19H22N2O5S. The predicted molar refractivity (Wildman–Crippen MR) is 102 cm³/mol. The Bertz CT molecular complexity index is 937. The van der Waals surface area contributed by atoms with Crippen molar-refractivity contribution >= 4 is 27.6 Å². The van der Waals surface area contributed by atoms with E-state index in [0.29, 0.717) is 5.69 Å². The SMILES string of the molecule is CCOC(=O)c1ccc(S(=O)(=O)NCC(=O)Nc2ccc(C)cc2C)cc1. The molecule has 0 spiro atoms. The molecule has 0 saturated carbocycles. The second-order valence-electron chi connectivity index (χ2n) is 5.94. The van der Waals surface area contributed by atoms with Crippen LogP contribution in [0.3, 0.4) is 0 Å². The summed E-state index contributed by atoms with van der Waals surface area (Å²) in [5.74, 6) is -1.00. The molecule has 144 valence electrons. The van der Waals surface area contributed by atoms with Gasteiger partial charge in [-0.3, -0.25) is 4.79 Å². The molecule has 2 aromatic rings. The maximum atomic E-state index is 12.3. The average molecular weight is 390 g/mol. The van der Waals surface area contributed by atoms with Crippen molar-refractivity contribution in [3.05, 3.63) is 59.2 Å². The number of amides is 1. The fourth-order valence-corrected chi connectivity index (χ4v) is 3.36. The van der Waals surface area contributed by atoms with Crippen LogP contribution >= 0.6 is 0 Å². The fraction of sp³-hybridized carbons (Fsp3) is 0.263. The van der Waals surface area contributed by atoms with E-state index in [2.05, 4.69) is 10.0 Å². The van der Waals surface area contributed by atoms with Gasteiger partial charge in [0.2, 0.25) is 15.9 Å². The molecule has 0 heterocycles. The van der Waals surface area contributed by atoms with Gasteiger partial charge in [0.1, 0.15) is 0 Å². The Kier molecular flexibility index (Phi) is 6.70. The molecule has 0 fully saturated rings. The van der Waals surface area contributed by atoms with Crippen molar-refractivity contribution in [2.45, 2.75) is 25.7 Å². The van der Waals surface area contributed by atoms with E-state index >= 15 is 0 Å². The van der Waals surface area contributed by atoms with E-state index in [9.17, 15) is 18.0 Å². The van der Waals surface area contributed by atoms with Gasteiger partial charge in [0.15, 0.2) is 0 Å². The van der Waals surface area contributed by atoms with Crippen molar-refractivity contribution in [3.63, 3.8) is 0 Å². The van der Waals surface area contributed by atoms with Crippen molar-refractivity contribution in [2.24, 2.45) is 0 Å². The second kappa shape index (κ2) is 8.79. The van der Waals surface area contributed by atoms with Crippen LogP contribution in [0.2, 0.25) is 0 Å². The lowest BCUT2D eigenvalue weighted by molar-refractivity contribution is -0.115. The second-order valence-corrected chi connectivity index (χ2v) is 7.70. The van der Waals surface area contributed by atoms with Gasteiger partial charge in [0.05, 0.1) is 23.6 Å². The summed E-state index contributed by atoms with van der Waals surface area (Å²) >= 11 is 0. The molecule has 27 heavy (non-hydrogen) atoms. The summed E-state index contributed by atoms with van der Waals surface area (Å²) in [7, 11) is -3.88. The highest BCUT2D eigenvalue weighted by Gasteiger charge is 2.17. The number of sulfonamides is 1. The maximum absolute atomic E-state index is 12.3. The molecular weight excluding hydrogens is 368 g/mol. The summed E-state index contributed by atoms with van der Waals surface area (Å²) in [5.41, 5.74) is 2.84. The Morgan fingerprint density at radius 1 is 1.04 bits per heavy atom. The van der Waals surface area contributed by atoms with Gasteiger partial charge < -0.3 is 10.1 Å². The number of anilines is 1. The van der Waals surface area contributed by atoms with Crippen molar-refractivity contribution in [3.8, 4) is 0 Å². The highest BCUT2D eigenvalue weighted by Crippen LogP contribution is 2.16. The number of rotatable bonds is 7. The Labute approximate surface area is 158 Å². The molecule has 0 aromatic heterocycles. The van der Waals surface area contributed by atoms with Crippen molar-refractivity contribution < 1.29 is 22.7 Å². The van der Waals surface area contributed by atoms with E-state index in [1.165, 1.54) is 24.3 Å². The number of hydrogen-bond donors (Lipinski definition) is 2. The third-order valence-electron chi connectivity index (χ3n) is 3.75. The fourth-order valence-electron chi connectivity index (χ4n) is 2.38. The van der Waals surface area contributed by atoms with E-state index < -0.39 is 28.4 Å². The van der Waals surface area contributed by atoms with Gasteiger partial charge in [-0.25, -0.2) is 17.9 Å². The van der Waals surface area contributed by atoms with E-state index in [-0.39, 0.29) is 17.1 Å². The molecule has 0 atom stereocenters. The van der Waals surface area contributed by atoms with Crippen LogP contribution in [0.15, 0.2) is 47.4 Å². The smallest absolute Gasteiger partial charge is 0.338 e. The molecule has 0 bridgehead atoms. The quantitative estimate of drug-likeness (QED) is 0.707. The summed E-state index contributed by atoms with van der Waals surface area (Å²) in [6, 6.07) is 10.9. The van der Waals surface area contributed by atoms with Crippen molar-refractivity contribution in [2.75, 3.05) is 18.5 Å². The van der Waals surface area contributed by atoms with Gasteiger partial charge in [-0.1, -0.05) is 17.7 Å². The van der Waals surface area contributed by atoms with Crippen LogP contribution < -0.4 is 10.0 Å². The van der Waals surface area contributed by atoms with Gasteiger partial charge in [-0.15, -0.1) is 0 Å². The highest BCUT2D eigenvalue weighted by molar-refractivity contribution is 7.89. The molecule has 0 unspecified atom stereocenters. The minimum Gasteiger partial charge on any atom is -0.462 e. The number of benzene rings is 2. The molecule has 2 N–H and O–H groups in total. The van der Waals surface area contributed by atoms with Crippen LogP contribution in [-0.2, 0) is 19.6 Å². The van der Waals surface area contributed by atoms with Crippen LogP contribution in [0.1, 0.15) is 28.4 Å². The lowest BCUT2D eigenvalue weighted by atomic mass is 10.1. The first-order valence-electron chi connectivity index (χ1n) is 8.37. The van der Waals surface area contributed by atoms with E-state index in [1.54, 1.807) is 13.0 Å². The molecule has 2 rings (SSSR count). The molecule has 2 aromatic carbocycles. The molecule has 0 radical (unpaired) electrons. The topological polar surface area (TPSA) is 102 Å². The van der Waals surface area contributed by atoms with Gasteiger partial charge in [0.25, 0.3) is 0 Å². The van der Waals surface area contributed by atoms with Gasteiger partial charge in [-0.05, 0) is 56.7 Å². The summed E-state index contributed by atoms with van der Waals surface area (Å²) in [6.45, 7) is 5.31. The van der Waals surface area contributed by atoms with E-state index in [1.807, 2.05) is 26.0 Å². The standard InChI is InChI=1S/C19H22N2O5S/c1-4-26-19(23)15-6-8-16(9-7-15)27(24,25)20-12-18(22)21-17-10-5-13(2)11-14(17)3/h5-11,20H,4,12H2,1-3H3,(H,21,22). The minimum atomic E-state index is -3.88. The van der Waals surface area contributed by atoms with E-state index in [4.69, 9.17) is 4.74 Å². The lowest BCUT2D eigenvalue weighted by Gasteiger charge is -2.10. The number of nitrogens with one attached hydrogen (secondary N) is 2. The van der Waals surface area contributed by atoms with Crippen LogP contribution in [0.5, 0.6) is 0 Å². The largest absolute Gasteiger partial charge is 0.462 e. The van der Waals surface area contributed by atoms with E-state index in [0.717, 1.165) is 11.1 Å².